The van der Waals surface area contributed by atoms with E-state index >= 15 is 0 Å². The molecule has 1 unspecified atom stereocenters. The predicted molar refractivity (Wildman–Crippen MR) is 108 cm³/mol. The van der Waals surface area contributed by atoms with Gasteiger partial charge in [0.05, 0.1) is 12.7 Å². The summed E-state index contributed by atoms with van der Waals surface area (Å²) in [7, 11) is 1.63. The van der Waals surface area contributed by atoms with E-state index in [1.807, 2.05) is 32.9 Å². The highest BCUT2D eigenvalue weighted by Gasteiger charge is 2.30. The van der Waals surface area contributed by atoms with Gasteiger partial charge in [0, 0.05) is 24.6 Å². The molecule has 0 saturated carbocycles. The van der Waals surface area contributed by atoms with E-state index in [1.54, 1.807) is 24.1 Å². The molecule has 148 valence electrons. The number of carbonyl (C=O) groups is 2. The number of phenolic OH excluding ortho intramolecular Hbond substituents is 1. The number of hydrogen-bond acceptors (Lipinski definition) is 4. The Morgan fingerprint density at radius 2 is 1.79 bits per heavy atom. The van der Waals surface area contributed by atoms with Crippen LogP contribution < -0.4 is 4.74 Å². The molecule has 1 saturated heterocycles. The molecule has 2 aromatic rings. The summed E-state index contributed by atoms with van der Waals surface area (Å²) in [4.78, 5) is 27.7. The highest BCUT2D eigenvalue weighted by atomic mass is 16.5. The van der Waals surface area contributed by atoms with E-state index in [4.69, 9.17) is 4.74 Å². The fourth-order valence-electron chi connectivity index (χ4n) is 4.02. The molecule has 5 heteroatoms. The first kappa shape index (κ1) is 19.9. The molecule has 1 heterocycles. The minimum absolute atomic E-state index is 0.0227. The van der Waals surface area contributed by atoms with Gasteiger partial charge in [-0.1, -0.05) is 11.6 Å². The van der Waals surface area contributed by atoms with Crippen LogP contribution in [0.3, 0.4) is 0 Å². The van der Waals surface area contributed by atoms with Crippen molar-refractivity contribution in [3.8, 4) is 11.5 Å². The molecule has 0 spiro atoms. The number of phenols is 1. The molecule has 1 N–H and O–H groups in total. The Hall–Kier alpha value is -2.82. The monoisotopic (exact) mass is 381 g/mol. The summed E-state index contributed by atoms with van der Waals surface area (Å²) < 4.78 is 5.39. The molecule has 1 atom stereocenters. The SMILES string of the molecule is COc1c(C)cc(C(=O)C2CCCN(C(=O)c3cc(C)ccc3O)C2)cc1C. The van der Waals surface area contributed by atoms with E-state index in [1.165, 1.54) is 6.07 Å². The van der Waals surface area contributed by atoms with Crippen LogP contribution in [-0.4, -0.2) is 41.9 Å². The number of benzene rings is 2. The molecule has 1 amide bonds. The number of methoxy groups -OCH3 is 1. The Labute approximate surface area is 165 Å². The molecule has 1 aliphatic rings. The quantitative estimate of drug-likeness (QED) is 0.811. The first-order valence-corrected chi connectivity index (χ1v) is 9.60. The largest absolute Gasteiger partial charge is 0.507 e. The number of aryl methyl sites for hydroxylation is 3. The van der Waals surface area contributed by atoms with E-state index in [0.717, 1.165) is 35.3 Å². The van der Waals surface area contributed by atoms with Gasteiger partial charge >= 0.3 is 0 Å². The smallest absolute Gasteiger partial charge is 0.257 e. The van der Waals surface area contributed by atoms with Gasteiger partial charge in [-0.05, 0) is 69.0 Å². The van der Waals surface area contributed by atoms with Gasteiger partial charge in [0.25, 0.3) is 5.91 Å². The number of hydrogen-bond donors (Lipinski definition) is 1. The van der Waals surface area contributed by atoms with Crippen LogP contribution >= 0.6 is 0 Å². The third-order valence-electron chi connectivity index (χ3n) is 5.41. The average molecular weight is 381 g/mol. The van der Waals surface area contributed by atoms with Gasteiger partial charge in [0.2, 0.25) is 0 Å². The highest BCUT2D eigenvalue weighted by Crippen LogP contribution is 2.29. The molecule has 1 aliphatic heterocycles. The number of likely N-dealkylation sites (tertiary alicyclic amines) is 1. The molecule has 3 rings (SSSR count). The van der Waals surface area contributed by atoms with Crippen LogP contribution in [-0.2, 0) is 0 Å². The lowest BCUT2D eigenvalue weighted by Crippen LogP contribution is -2.42. The molecule has 0 aliphatic carbocycles. The maximum absolute atomic E-state index is 13.1. The first-order chi connectivity index (χ1) is 13.3. The minimum Gasteiger partial charge on any atom is -0.507 e. The fourth-order valence-corrected chi connectivity index (χ4v) is 4.02. The number of piperidine rings is 1. The molecular weight excluding hydrogens is 354 g/mol. The second-order valence-electron chi connectivity index (χ2n) is 7.62. The number of amides is 1. The van der Waals surface area contributed by atoms with Crippen molar-refractivity contribution in [2.75, 3.05) is 20.2 Å². The van der Waals surface area contributed by atoms with Crippen molar-refractivity contribution < 1.29 is 19.4 Å². The molecule has 28 heavy (non-hydrogen) atoms. The normalized spacial score (nSPS) is 16.7. The Balaban J connectivity index is 1.80. The van der Waals surface area contributed by atoms with E-state index in [2.05, 4.69) is 0 Å². The van der Waals surface area contributed by atoms with Crippen molar-refractivity contribution in [2.45, 2.75) is 33.6 Å². The van der Waals surface area contributed by atoms with Crippen molar-refractivity contribution in [1.82, 2.24) is 4.90 Å². The number of aromatic hydroxyl groups is 1. The summed E-state index contributed by atoms with van der Waals surface area (Å²) in [6.45, 7) is 6.71. The summed E-state index contributed by atoms with van der Waals surface area (Å²) in [5.41, 5.74) is 3.73. The average Bonchev–Trinajstić information content (AvgIpc) is 2.68. The molecular formula is C23H27NO4. The zero-order chi connectivity index (χ0) is 20.4. The fraction of sp³-hybridized carbons (Fsp3) is 0.391. The Kier molecular flexibility index (Phi) is 5.73. The maximum Gasteiger partial charge on any atom is 0.257 e. The van der Waals surface area contributed by atoms with Gasteiger partial charge in [-0.3, -0.25) is 9.59 Å². The summed E-state index contributed by atoms with van der Waals surface area (Å²) in [6, 6.07) is 8.73. The molecule has 1 fully saturated rings. The number of ketones is 1. The summed E-state index contributed by atoms with van der Waals surface area (Å²) >= 11 is 0. The second kappa shape index (κ2) is 8.05. The topological polar surface area (TPSA) is 66.8 Å². The number of ether oxygens (including phenoxy) is 1. The third kappa shape index (κ3) is 3.88. The van der Waals surface area contributed by atoms with Crippen LogP contribution in [0.2, 0.25) is 0 Å². The van der Waals surface area contributed by atoms with Crippen molar-refractivity contribution in [2.24, 2.45) is 5.92 Å². The van der Waals surface area contributed by atoms with Gasteiger partial charge in [0.1, 0.15) is 11.5 Å². The van der Waals surface area contributed by atoms with Gasteiger partial charge in [-0.15, -0.1) is 0 Å². The van der Waals surface area contributed by atoms with Crippen LogP contribution in [0.1, 0.15) is 50.2 Å². The van der Waals surface area contributed by atoms with E-state index in [-0.39, 0.29) is 23.4 Å². The Morgan fingerprint density at radius 3 is 2.43 bits per heavy atom. The van der Waals surface area contributed by atoms with Crippen molar-refractivity contribution in [3.63, 3.8) is 0 Å². The van der Waals surface area contributed by atoms with E-state index < -0.39 is 0 Å². The molecule has 0 aromatic heterocycles. The van der Waals surface area contributed by atoms with Crippen LogP contribution in [0.5, 0.6) is 11.5 Å². The van der Waals surface area contributed by atoms with Gasteiger partial charge in [0.15, 0.2) is 5.78 Å². The van der Waals surface area contributed by atoms with E-state index in [9.17, 15) is 14.7 Å². The number of nitrogens with zero attached hydrogens (tertiary/aromatic N) is 1. The number of rotatable bonds is 4. The van der Waals surface area contributed by atoms with Gasteiger partial charge < -0.3 is 14.7 Å². The highest BCUT2D eigenvalue weighted by molar-refractivity contribution is 6.00. The lowest BCUT2D eigenvalue weighted by molar-refractivity contribution is 0.0634. The first-order valence-electron chi connectivity index (χ1n) is 9.60. The lowest BCUT2D eigenvalue weighted by Gasteiger charge is -2.32. The predicted octanol–water partition coefficient (Wildman–Crippen LogP) is 4.06. The number of Topliss-reactive ketones (excluding diaryl/α,β-unsaturated/α-hetero) is 1. The Bertz CT molecular complexity index is 896. The van der Waals surface area contributed by atoms with Crippen molar-refractivity contribution >= 4 is 11.7 Å². The summed E-state index contributed by atoms with van der Waals surface area (Å²) in [5.74, 6) is 0.370. The molecule has 0 bridgehead atoms. The van der Waals surface area contributed by atoms with Crippen molar-refractivity contribution in [1.29, 1.82) is 0 Å². The minimum atomic E-state index is -0.239. The zero-order valence-electron chi connectivity index (χ0n) is 16.9. The van der Waals surface area contributed by atoms with Crippen LogP contribution in [0.4, 0.5) is 0 Å². The van der Waals surface area contributed by atoms with E-state index in [0.29, 0.717) is 24.2 Å². The van der Waals surface area contributed by atoms with Crippen LogP contribution in [0.25, 0.3) is 0 Å². The van der Waals surface area contributed by atoms with Crippen molar-refractivity contribution in [3.05, 3.63) is 58.1 Å². The lowest BCUT2D eigenvalue weighted by atomic mass is 9.88. The molecule has 0 radical (unpaired) electrons. The standard InChI is InChI=1S/C23H27NO4/c1-14-7-8-20(25)19(10-14)23(27)24-9-5-6-17(13-24)21(26)18-11-15(2)22(28-4)16(3)12-18/h7-8,10-12,17,25H,5-6,9,13H2,1-4H3. The molecule has 2 aromatic carbocycles. The summed E-state index contributed by atoms with van der Waals surface area (Å²) in [5, 5.41) is 10.1. The third-order valence-corrected chi connectivity index (χ3v) is 5.41. The zero-order valence-corrected chi connectivity index (χ0v) is 16.9. The second-order valence-corrected chi connectivity index (χ2v) is 7.62. The maximum atomic E-state index is 13.1. The van der Waals surface area contributed by atoms with Crippen LogP contribution in [0.15, 0.2) is 30.3 Å². The van der Waals surface area contributed by atoms with Crippen LogP contribution in [0, 0.1) is 26.7 Å². The van der Waals surface area contributed by atoms with Gasteiger partial charge in [-0.2, -0.15) is 0 Å². The Morgan fingerprint density at radius 1 is 1.11 bits per heavy atom. The summed E-state index contributed by atoms with van der Waals surface area (Å²) in [6.07, 6.45) is 1.52. The van der Waals surface area contributed by atoms with Gasteiger partial charge in [-0.25, -0.2) is 0 Å². The molecule has 5 nitrogen and oxygen atoms in total. The number of carbonyl (C=O) groups excluding carboxylic acids is 2.